The number of carbonyl (C=O) groups excluding carboxylic acids is 1. The number of rotatable bonds is 3. The number of benzene rings is 1. The highest BCUT2D eigenvalue weighted by Gasteiger charge is 2.22. The number of hydrogen-bond donors (Lipinski definition) is 0. The second kappa shape index (κ2) is 7.03. The third-order valence-corrected chi connectivity index (χ3v) is 4.28. The van der Waals surface area contributed by atoms with Gasteiger partial charge < -0.3 is 4.90 Å². The number of piperazine rings is 1. The Labute approximate surface area is 138 Å². The molecule has 0 N–H and O–H groups in total. The molecule has 2 heterocycles. The summed E-state index contributed by atoms with van der Waals surface area (Å²) in [4.78, 5) is 21.0. The first-order chi connectivity index (χ1) is 10.7. The van der Waals surface area contributed by atoms with Crippen molar-refractivity contribution in [1.29, 1.82) is 0 Å². The number of aromatic nitrogens is 1. The summed E-state index contributed by atoms with van der Waals surface area (Å²) in [6.45, 7) is 4.24. The fourth-order valence-electron chi connectivity index (χ4n) is 2.64. The molecule has 0 atom stereocenters. The van der Waals surface area contributed by atoms with Gasteiger partial charge in [-0.25, -0.2) is 4.98 Å². The summed E-state index contributed by atoms with van der Waals surface area (Å²) >= 11 is 3.31. The van der Waals surface area contributed by atoms with Gasteiger partial charge in [0.1, 0.15) is 10.3 Å². The van der Waals surface area contributed by atoms with Gasteiger partial charge in [-0.1, -0.05) is 36.4 Å². The Hall–Kier alpha value is -1.72. The number of hydrogen-bond acceptors (Lipinski definition) is 3. The van der Waals surface area contributed by atoms with Gasteiger partial charge in [-0.3, -0.25) is 9.69 Å². The smallest absolute Gasteiger partial charge is 0.272 e. The van der Waals surface area contributed by atoms with E-state index in [1.54, 1.807) is 6.07 Å². The third kappa shape index (κ3) is 3.72. The minimum Gasteiger partial charge on any atom is -0.335 e. The summed E-state index contributed by atoms with van der Waals surface area (Å²) in [6.07, 6.45) is 0. The monoisotopic (exact) mass is 359 g/mol. The highest BCUT2D eigenvalue weighted by atomic mass is 79.9. The molecule has 0 unspecified atom stereocenters. The van der Waals surface area contributed by atoms with Crippen LogP contribution >= 0.6 is 15.9 Å². The van der Waals surface area contributed by atoms with Crippen LogP contribution in [0.3, 0.4) is 0 Å². The van der Waals surface area contributed by atoms with Gasteiger partial charge in [0.2, 0.25) is 0 Å². The standard InChI is InChI=1S/C17H18BrN3O/c18-16-8-4-7-15(19-16)17(22)21-11-9-20(10-12-21)13-14-5-2-1-3-6-14/h1-8H,9-13H2. The molecule has 1 aromatic heterocycles. The van der Waals surface area contributed by atoms with Crippen LogP contribution in [0.5, 0.6) is 0 Å². The Morgan fingerprint density at radius 3 is 2.41 bits per heavy atom. The van der Waals surface area contributed by atoms with Crippen molar-refractivity contribution in [2.75, 3.05) is 26.2 Å². The Morgan fingerprint density at radius 1 is 1.00 bits per heavy atom. The normalized spacial score (nSPS) is 15.8. The average molecular weight is 360 g/mol. The Balaban J connectivity index is 1.56. The van der Waals surface area contributed by atoms with E-state index in [4.69, 9.17) is 0 Å². The molecule has 0 saturated carbocycles. The fraction of sp³-hybridized carbons (Fsp3) is 0.294. The first-order valence-electron chi connectivity index (χ1n) is 7.40. The molecule has 1 aliphatic rings. The van der Waals surface area contributed by atoms with Crippen molar-refractivity contribution in [1.82, 2.24) is 14.8 Å². The van der Waals surface area contributed by atoms with E-state index in [9.17, 15) is 4.79 Å². The highest BCUT2D eigenvalue weighted by Crippen LogP contribution is 2.12. The predicted molar refractivity (Wildman–Crippen MR) is 89.6 cm³/mol. The van der Waals surface area contributed by atoms with Crippen molar-refractivity contribution in [2.24, 2.45) is 0 Å². The van der Waals surface area contributed by atoms with Crippen molar-refractivity contribution in [2.45, 2.75) is 6.54 Å². The fourth-order valence-corrected chi connectivity index (χ4v) is 2.98. The maximum absolute atomic E-state index is 12.4. The third-order valence-electron chi connectivity index (χ3n) is 3.84. The van der Waals surface area contributed by atoms with E-state index >= 15 is 0 Å². The molecule has 0 bridgehead atoms. The van der Waals surface area contributed by atoms with Crippen LogP contribution in [0.15, 0.2) is 53.1 Å². The maximum atomic E-state index is 12.4. The van der Waals surface area contributed by atoms with Gasteiger partial charge in [0.15, 0.2) is 0 Å². The number of halogens is 1. The second-order valence-corrected chi connectivity index (χ2v) is 6.21. The molecule has 0 spiro atoms. The maximum Gasteiger partial charge on any atom is 0.272 e. The Morgan fingerprint density at radius 2 is 1.73 bits per heavy atom. The molecule has 1 aliphatic heterocycles. The van der Waals surface area contributed by atoms with E-state index in [-0.39, 0.29) is 5.91 Å². The lowest BCUT2D eigenvalue weighted by Crippen LogP contribution is -2.48. The molecule has 1 saturated heterocycles. The van der Waals surface area contributed by atoms with Crippen LogP contribution < -0.4 is 0 Å². The van der Waals surface area contributed by atoms with E-state index < -0.39 is 0 Å². The molecule has 1 amide bonds. The van der Waals surface area contributed by atoms with Gasteiger partial charge in [0, 0.05) is 32.7 Å². The molecular weight excluding hydrogens is 342 g/mol. The summed E-state index contributed by atoms with van der Waals surface area (Å²) in [6, 6.07) is 15.9. The van der Waals surface area contributed by atoms with E-state index in [0.717, 1.165) is 32.7 Å². The molecule has 5 heteroatoms. The topological polar surface area (TPSA) is 36.4 Å². The first kappa shape index (κ1) is 15.2. The van der Waals surface area contributed by atoms with Crippen molar-refractivity contribution >= 4 is 21.8 Å². The quantitative estimate of drug-likeness (QED) is 0.790. The zero-order chi connectivity index (χ0) is 15.4. The number of amides is 1. The molecule has 3 rings (SSSR count). The first-order valence-corrected chi connectivity index (χ1v) is 8.20. The van der Waals surface area contributed by atoms with E-state index in [2.05, 4.69) is 50.1 Å². The number of carbonyl (C=O) groups is 1. The SMILES string of the molecule is O=C(c1cccc(Br)n1)N1CCN(Cc2ccccc2)CC1. The number of nitrogens with zero attached hydrogens (tertiary/aromatic N) is 3. The minimum atomic E-state index is 0.0145. The lowest BCUT2D eigenvalue weighted by Gasteiger charge is -2.34. The molecule has 1 fully saturated rings. The van der Waals surface area contributed by atoms with Crippen LogP contribution in [0.4, 0.5) is 0 Å². The van der Waals surface area contributed by atoms with Crippen LogP contribution in [0.1, 0.15) is 16.1 Å². The van der Waals surface area contributed by atoms with Crippen molar-refractivity contribution < 1.29 is 4.79 Å². The molecule has 0 aliphatic carbocycles. The summed E-state index contributed by atoms with van der Waals surface area (Å²) in [5.41, 5.74) is 1.82. The molecule has 4 nitrogen and oxygen atoms in total. The van der Waals surface area contributed by atoms with Crippen molar-refractivity contribution in [3.05, 3.63) is 64.4 Å². The Bertz CT molecular complexity index is 639. The number of pyridine rings is 1. The van der Waals surface area contributed by atoms with E-state index in [1.165, 1.54) is 5.56 Å². The van der Waals surface area contributed by atoms with E-state index in [0.29, 0.717) is 10.3 Å². The molecule has 2 aromatic rings. The van der Waals surface area contributed by atoms with Gasteiger partial charge in [-0.2, -0.15) is 0 Å². The molecule has 0 radical (unpaired) electrons. The van der Waals surface area contributed by atoms with Crippen LogP contribution in [0.2, 0.25) is 0 Å². The highest BCUT2D eigenvalue weighted by molar-refractivity contribution is 9.10. The largest absolute Gasteiger partial charge is 0.335 e. The molecular formula is C17H18BrN3O. The summed E-state index contributed by atoms with van der Waals surface area (Å²) in [7, 11) is 0. The van der Waals surface area contributed by atoms with Crippen LogP contribution in [-0.4, -0.2) is 46.9 Å². The zero-order valence-electron chi connectivity index (χ0n) is 12.3. The van der Waals surface area contributed by atoms with Gasteiger partial charge >= 0.3 is 0 Å². The molecule has 114 valence electrons. The van der Waals surface area contributed by atoms with Crippen LogP contribution in [0.25, 0.3) is 0 Å². The van der Waals surface area contributed by atoms with Gasteiger partial charge in [0.25, 0.3) is 5.91 Å². The van der Waals surface area contributed by atoms with Crippen molar-refractivity contribution in [3.8, 4) is 0 Å². The summed E-state index contributed by atoms with van der Waals surface area (Å²) in [5.74, 6) is 0.0145. The second-order valence-electron chi connectivity index (χ2n) is 5.40. The zero-order valence-corrected chi connectivity index (χ0v) is 13.9. The van der Waals surface area contributed by atoms with Gasteiger partial charge in [-0.15, -0.1) is 0 Å². The van der Waals surface area contributed by atoms with E-state index in [1.807, 2.05) is 23.1 Å². The molecule has 22 heavy (non-hydrogen) atoms. The predicted octanol–water partition coefficient (Wildman–Crippen LogP) is 2.80. The summed E-state index contributed by atoms with van der Waals surface area (Å²) < 4.78 is 0.695. The average Bonchev–Trinajstić information content (AvgIpc) is 2.56. The lowest BCUT2D eigenvalue weighted by molar-refractivity contribution is 0.0622. The summed E-state index contributed by atoms with van der Waals surface area (Å²) in [5, 5.41) is 0. The Kier molecular flexibility index (Phi) is 4.85. The van der Waals surface area contributed by atoms with Gasteiger partial charge in [-0.05, 0) is 33.6 Å². The lowest BCUT2D eigenvalue weighted by atomic mass is 10.2. The van der Waals surface area contributed by atoms with Crippen LogP contribution in [0, 0.1) is 0 Å². The molecule has 1 aromatic carbocycles. The van der Waals surface area contributed by atoms with Crippen LogP contribution in [-0.2, 0) is 6.54 Å². The minimum absolute atomic E-state index is 0.0145. The van der Waals surface area contributed by atoms with Gasteiger partial charge in [0.05, 0.1) is 0 Å². The van der Waals surface area contributed by atoms with Crippen molar-refractivity contribution in [3.63, 3.8) is 0 Å².